The maximum absolute atomic E-state index is 11.9. The van der Waals surface area contributed by atoms with Crippen LogP contribution in [0.3, 0.4) is 0 Å². The first-order chi connectivity index (χ1) is 14.6. The van der Waals surface area contributed by atoms with Crippen LogP contribution in [-0.4, -0.2) is 41.8 Å². The molecule has 3 rings (SSSR count). The molecule has 0 saturated carbocycles. The third-order valence-corrected chi connectivity index (χ3v) is 5.05. The van der Waals surface area contributed by atoms with Crippen LogP contribution in [0.5, 0.6) is 0 Å². The van der Waals surface area contributed by atoms with Crippen molar-refractivity contribution < 1.29 is 9.63 Å². The Hall–Kier alpha value is -3.21. The third kappa shape index (κ3) is 5.66. The van der Waals surface area contributed by atoms with Crippen LogP contribution in [0.25, 0.3) is 0 Å². The summed E-state index contributed by atoms with van der Waals surface area (Å²) in [7, 11) is 1.72. The van der Waals surface area contributed by atoms with Gasteiger partial charge in [0.2, 0.25) is 11.7 Å². The van der Waals surface area contributed by atoms with Crippen molar-refractivity contribution >= 4 is 28.1 Å². The number of nitrogens with one attached hydrogen (secondary N) is 1. The van der Waals surface area contributed by atoms with Crippen molar-refractivity contribution in [3.63, 3.8) is 0 Å². The van der Waals surface area contributed by atoms with Gasteiger partial charge in [-0.15, -0.1) is 16.4 Å². The van der Waals surface area contributed by atoms with Gasteiger partial charge in [0.25, 0.3) is 0 Å². The number of unbranched alkanes of at least 4 members (excludes halogenated alkanes) is 2. The Morgan fingerprint density at radius 1 is 1.37 bits per heavy atom. The van der Waals surface area contributed by atoms with E-state index in [1.54, 1.807) is 13.2 Å². The number of aryl methyl sites for hydroxylation is 2. The lowest BCUT2D eigenvalue weighted by atomic mass is 10.1. The monoisotopic (exact) mass is 428 g/mol. The fourth-order valence-electron chi connectivity index (χ4n) is 2.66. The van der Waals surface area contributed by atoms with Gasteiger partial charge in [0.15, 0.2) is 17.5 Å². The number of nitrogens with zero attached hydrogens (tertiary/aromatic N) is 7. The summed E-state index contributed by atoms with van der Waals surface area (Å²) in [6.07, 6.45) is 5.18. The summed E-state index contributed by atoms with van der Waals surface area (Å²) < 4.78 is 1.51. The van der Waals surface area contributed by atoms with Gasteiger partial charge in [-0.3, -0.25) is 9.78 Å². The fraction of sp³-hybridized carbons (Fsp3) is 0.421. The molecule has 0 radical (unpaired) electrons. The topological polar surface area (TPSA) is 120 Å². The number of tetrazole rings is 1. The molecule has 0 aromatic carbocycles. The SMILES string of the molecule is CCCCCC(=O)Nc1nc(CO/N=C(\c2ncccc2C)c2nnnn2C)cs1. The Labute approximate surface area is 178 Å². The first-order valence-corrected chi connectivity index (χ1v) is 10.6. The number of pyridine rings is 1. The summed E-state index contributed by atoms with van der Waals surface area (Å²) in [6, 6.07) is 3.77. The molecule has 11 heteroatoms. The van der Waals surface area contributed by atoms with E-state index in [2.05, 4.69) is 42.9 Å². The van der Waals surface area contributed by atoms with Crippen molar-refractivity contribution in [3.05, 3.63) is 46.5 Å². The lowest BCUT2D eigenvalue weighted by molar-refractivity contribution is -0.116. The van der Waals surface area contributed by atoms with Crippen molar-refractivity contribution in [2.45, 2.75) is 46.1 Å². The Kier molecular flexibility index (Phi) is 7.55. The fourth-order valence-corrected chi connectivity index (χ4v) is 3.38. The lowest BCUT2D eigenvalue weighted by Crippen LogP contribution is -2.15. The van der Waals surface area contributed by atoms with E-state index in [1.165, 1.54) is 16.0 Å². The lowest BCUT2D eigenvalue weighted by Gasteiger charge is -2.07. The molecule has 30 heavy (non-hydrogen) atoms. The van der Waals surface area contributed by atoms with Crippen LogP contribution in [0.15, 0.2) is 28.9 Å². The van der Waals surface area contributed by atoms with Crippen LogP contribution >= 0.6 is 11.3 Å². The number of carbonyl (C=O) groups excluding carboxylic acids is 1. The van der Waals surface area contributed by atoms with Crippen LogP contribution in [-0.2, 0) is 23.3 Å². The van der Waals surface area contributed by atoms with Crippen LogP contribution in [0.2, 0.25) is 0 Å². The number of carbonyl (C=O) groups is 1. The Morgan fingerprint density at radius 3 is 2.97 bits per heavy atom. The zero-order valence-corrected chi connectivity index (χ0v) is 18.0. The summed E-state index contributed by atoms with van der Waals surface area (Å²) in [6.45, 7) is 4.18. The van der Waals surface area contributed by atoms with Gasteiger partial charge >= 0.3 is 0 Å². The van der Waals surface area contributed by atoms with Gasteiger partial charge in [0.05, 0.1) is 11.4 Å². The van der Waals surface area contributed by atoms with E-state index in [1.807, 2.05) is 24.4 Å². The number of amides is 1. The van der Waals surface area contributed by atoms with Gasteiger partial charge in [-0.1, -0.05) is 31.0 Å². The smallest absolute Gasteiger partial charge is 0.226 e. The molecule has 1 amide bonds. The Morgan fingerprint density at radius 2 is 2.23 bits per heavy atom. The maximum atomic E-state index is 11.9. The molecular formula is C19H24N8O2S. The van der Waals surface area contributed by atoms with E-state index in [-0.39, 0.29) is 12.5 Å². The van der Waals surface area contributed by atoms with Gasteiger partial charge in [0.1, 0.15) is 0 Å². The molecule has 3 heterocycles. The molecule has 1 N–H and O–H groups in total. The molecule has 0 fully saturated rings. The summed E-state index contributed by atoms with van der Waals surface area (Å²) in [4.78, 5) is 26.2. The molecule has 0 spiro atoms. The molecule has 0 aliphatic carbocycles. The molecule has 0 bridgehead atoms. The van der Waals surface area contributed by atoms with Crippen LogP contribution in [0.1, 0.15) is 55.4 Å². The number of rotatable bonds is 10. The van der Waals surface area contributed by atoms with E-state index in [0.717, 1.165) is 24.8 Å². The van der Waals surface area contributed by atoms with Crippen LogP contribution in [0, 0.1) is 6.92 Å². The number of oxime groups is 1. The quantitative estimate of drug-likeness (QED) is 0.299. The highest BCUT2D eigenvalue weighted by molar-refractivity contribution is 7.13. The van der Waals surface area contributed by atoms with Gasteiger partial charge in [-0.05, 0) is 35.4 Å². The van der Waals surface area contributed by atoms with E-state index < -0.39 is 0 Å². The second kappa shape index (κ2) is 10.5. The molecule has 3 aromatic heterocycles. The van der Waals surface area contributed by atoms with Crippen molar-refractivity contribution in [2.75, 3.05) is 5.32 Å². The standard InChI is InChI=1S/C19H24N8O2S/c1-4-5-6-9-15(28)22-19-21-14(12-30-19)11-29-24-17(18-23-25-26-27(18)3)16-13(2)8-7-10-20-16/h7-8,10,12H,4-6,9,11H2,1-3H3,(H,21,22,28)/b24-17+. The number of hydrogen-bond acceptors (Lipinski definition) is 9. The second-order valence-corrected chi connectivity index (χ2v) is 7.52. The highest BCUT2D eigenvalue weighted by Gasteiger charge is 2.18. The van der Waals surface area contributed by atoms with E-state index >= 15 is 0 Å². The normalized spacial score (nSPS) is 11.5. The highest BCUT2D eigenvalue weighted by atomic mass is 32.1. The van der Waals surface area contributed by atoms with Gasteiger partial charge in [-0.25, -0.2) is 9.67 Å². The van der Waals surface area contributed by atoms with Crippen molar-refractivity contribution in [1.29, 1.82) is 0 Å². The van der Waals surface area contributed by atoms with E-state index in [9.17, 15) is 4.79 Å². The van der Waals surface area contributed by atoms with E-state index in [4.69, 9.17) is 4.84 Å². The van der Waals surface area contributed by atoms with Crippen molar-refractivity contribution in [3.8, 4) is 0 Å². The number of anilines is 1. The van der Waals surface area contributed by atoms with Crippen molar-refractivity contribution in [2.24, 2.45) is 12.2 Å². The predicted molar refractivity (Wildman–Crippen MR) is 113 cm³/mol. The number of thiazole rings is 1. The zero-order chi connectivity index (χ0) is 21.3. The predicted octanol–water partition coefficient (Wildman–Crippen LogP) is 2.86. The molecule has 0 aliphatic rings. The average molecular weight is 429 g/mol. The molecule has 10 nitrogen and oxygen atoms in total. The Balaban J connectivity index is 1.66. The van der Waals surface area contributed by atoms with Crippen molar-refractivity contribution in [1.82, 2.24) is 30.2 Å². The minimum atomic E-state index is -0.0222. The maximum Gasteiger partial charge on any atom is 0.226 e. The third-order valence-electron chi connectivity index (χ3n) is 4.24. The van der Waals surface area contributed by atoms with Gasteiger partial charge in [0, 0.05) is 25.0 Å². The van der Waals surface area contributed by atoms with E-state index in [0.29, 0.717) is 34.5 Å². The molecule has 0 atom stereocenters. The van der Waals surface area contributed by atoms with Gasteiger partial charge < -0.3 is 10.2 Å². The average Bonchev–Trinajstić information content (AvgIpc) is 3.35. The minimum Gasteiger partial charge on any atom is -0.389 e. The minimum absolute atomic E-state index is 0.0222. The molecule has 158 valence electrons. The first kappa shape index (κ1) is 21.5. The largest absolute Gasteiger partial charge is 0.389 e. The Bertz CT molecular complexity index is 1010. The second-order valence-electron chi connectivity index (χ2n) is 6.66. The summed E-state index contributed by atoms with van der Waals surface area (Å²) in [5.74, 6) is 0.418. The molecule has 3 aromatic rings. The summed E-state index contributed by atoms with van der Waals surface area (Å²) in [5, 5.41) is 21.0. The van der Waals surface area contributed by atoms with Crippen LogP contribution in [0.4, 0.5) is 5.13 Å². The first-order valence-electron chi connectivity index (χ1n) is 9.67. The number of hydrogen-bond donors (Lipinski definition) is 1. The molecular weight excluding hydrogens is 404 g/mol. The van der Waals surface area contributed by atoms with Gasteiger partial charge in [-0.2, -0.15) is 0 Å². The summed E-state index contributed by atoms with van der Waals surface area (Å²) >= 11 is 1.35. The highest BCUT2D eigenvalue weighted by Crippen LogP contribution is 2.17. The summed E-state index contributed by atoms with van der Waals surface area (Å²) in [5.41, 5.74) is 2.65. The molecule has 0 unspecified atom stereocenters. The number of aromatic nitrogens is 6. The molecule has 0 aliphatic heterocycles. The zero-order valence-electron chi connectivity index (χ0n) is 17.2. The van der Waals surface area contributed by atoms with Crippen LogP contribution < -0.4 is 5.32 Å². The molecule has 0 saturated heterocycles.